The molecule has 20 heavy (non-hydrogen) atoms. The minimum Gasteiger partial charge on any atom is -0.309 e. The average Bonchev–Trinajstić information content (AvgIpc) is 3.09. The van der Waals surface area contributed by atoms with Crippen LogP contribution in [0.15, 0.2) is 16.3 Å². The molecular weight excluding hydrogens is 292 g/mol. The summed E-state index contributed by atoms with van der Waals surface area (Å²) in [4.78, 5) is 1.35. The molecule has 2 N–H and O–H groups in total. The van der Waals surface area contributed by atoms with Gasteiger partial charge in [-0.2, -0.15) is 0 Å². The van der Waals surface area contributed by atoms with Crippen LogP contribution in [0.4, 0.5) is 0 Å². The summed E-state index contributed by atoms with van der Waals surface area (Å²) in [7, 11) is -3.41. The van der Waals surface area contributed by atoms with Crippen molar-refractivity contribution in [2.24, 2.45) is 5.92 Å². The van der Waals surface area contributed by atoms with Crippen molar-refractivity contribution in [3.63, 3.8) is 0 Å². The predicted molar refractivity (Wildman–Crippen MR) is 83.4 cm³/mol. The maximum Gasteiger partial charge on any atom is 0.241 e. The van der Waals surface area contributed by atoms with E-state index in [2.05, 4.69) is 10.0 Å². The van der Waals surface area contributed by atoms with E-state index in [9.17, 15) is 8.42 Å². The van der Waals surface area contributed by atoms with Gasteiger partial charge in [0.25, 0.3) is 0 Å². The van der Waals surface area contributed by atoms with Crippen LogP contribution in [-0.4, -0.2) is 20.5 Å². The first kappa shape index (κ1) is 15.9. The molecule has 0 spiro atoms. The van der Waals surface area contributed by atoms with Crippen molar-refractivity contribution in [2.75, 3.05) is 0 Å². The maximum absolute atomic E-state index is 12.5. The first-order chi connectivity index (χ1) is 9.44. The van der Waals surface area contributed by atoms with Crippen molar-refractivity contribution in [1.29, 1.82) is 0 Å². The average molecular weight is 316 g/mol. The molecule has 0 saturated heterocycles. The molecule has 1 aromatic rings. The lowest BCUT2D eigenvalue weighted by Gasteiger charge is -2.20. The molecule has 1 aliphatic carbocycles. The predicted octanol–water partition coefficient (Wildman–Crippen LogP) is 2.71. The minimum absolute atomic E-state index is 0.0101. The van der Waals surface area contributed by atoms with Gasteiger partial charge < -0.3 is 5.32 Å². The lowest BCUT2D eigenvalue weighted by Crippen LogP contribution is -2.38. The van der Waals surface area contributed by atoms with Gasteiger partial charge in [0, 0.05) is 23.5 Å². The molecule has 0 aliphatic heterocycles. The van der Waals surface area contributed by atoms with Gasteiger partial charge in [-0.15, -0.1) is 11.3 Å². The lowest BCUT2D eigenvalue weighted by molar-refractivity contribution is 0.437. The summed E-state index contributed by atoms with van der Waals surface area (Å²) in [5, 5.41) is 5.24. The van der Waals surface area contributed by atoms with Crippen LogP contribution < -0.4 is 10.0 Å². The van der Waals surface area contributed by atoms with E-state index in [1.54, 1.807) is 6.07 Å². The van der Waals surface area contributed by atoms with Gasteiger partial charge >= 0.3 is 0 Å². The van der Waals surface area contributed by atoms with E-state index in [0.29, 0.717) is 23.4 Å². The quantitative estimate of drug-likeness (QED) is 0.775. The lowest BCUT2D eigenvalue weighted by atomic mass is 10.0. The van der Waals surface area contributed by atoms with E-state index < -0.39 is 10.0 Å². The van der Waals surface area contributed by atoms with E-state index in [-0.39, 0.29) is 6.04 Å². The van der Waals surface area contributed by atoms with Crippen molar-refractivity contribution in [1.82, 2.24) is 10.0 Å². The molecule has 1 heterocycles. The van der Waals surface area contributed by atoms with Crippen molar-refractivity contribution < 1.29 is 8.42 Å². The second kappa shape index (κ2) is 6.56. The molecule has 1 fully saturated rings. The molecule has 1 saturated carbocycles. The zero-order valence-electron chi connectivity index (χ0n) is 12.3. The second-order valence-corrected chi connectivity index (χ2v) is 8.43. The molecular formula is C14H24N2O2S2. The smallest absolute Gasteiger partial charge is 0.241 e. The normalized spacial score (nSPS) is 17.6. The Morgan fingerprint density at radius 1 is 1.40 bits per heavy atom. The third-order valence-electron chi connectivity index (χ3n) is 3.67. The number of nitrogens with one attached hydrogen (secondary N) is 2. The minimum atomic E-state index is -3.41. The van der Waals surface area contributed by atoms with Gasteiger partial charge in [-0.25, -0.2) is 13.1 Å². The van der Waals surface area contributed by atoms with Crippen LogP contribution in [0.1, 0.15) is 44.9 Å². The van der Waals surface area contributed by atoms with Crippen molar-refractivity contribution >= 4 is 21.4 Å². The maximum atomic E-state index is 12.5. The Labute approximate surface area is 126 Å². The molecule has 0 radical (unpaired) electrons. The van der Waals surface area contributed by atoms with Crippen LogP contribution in [0.25, 0.3) is 0 Å². The van der Waals surface area contributed by atoms with Gasteiger partial charge in [-0.3, -0.25) is 0 Å². The Hall–Kier alpha value is -0.430. The van der Waals surface area contributed by atoms with E-state index in [0.717, 1.165) is 11.3 Å². The Balaban J connectivity index is 2.09. The molecule has 6 heteroatoms. The molecule has 0 amide bonds. The first-order valence-corrected chi connectivity index (χ1v) is 9.62. The van der Waals surface area contributed by atoms with E-state index >= 15 is 0 Å². The highest BCUT2D eigenvalue weighted by Crippen LogP contribution is 2.25. The summed E-state index contributed by atoms with van der Waals surface area (Å²) >= 11 is 1.51. The number of rotatable bonds is 8. The molecule has 2 rings (SSSR count). The Morgan fingerprint density at radius 2 is 2.10 bits per heavy atom. The fourth-order valence-corrected chi connectivity index (χ4v) is 5.04. The third-order valence-corrected chi connectivity index (χ3v) is 6.30. The van der Waals surface area contributed by atoms with Gasteiger partial charge in [0.15, 0.2) is 0 Å². The molecule has 1 unspecified atom stereocenters. The summed E-state index contributed by atoms with van der Waals surface area (Å²) in [6.07, 6.45) is 3.21. The zero-order valence-corrected chi connectivity index (χ0v) is 14.0. The van der Waals surface area contributed by atoms with Crippen LogP contribution in [0, 0.1) is 5.92 Å². The van der Waals surface area contributed by atoms with Crippen LogP contribution in [0.3, 0.4) is 0 Å². The van der Waals surface area contributed by atoms with Gasteiger partial charge in [-0.1, -0.05) is 20.8 Å². The van der Waals surface area contributed by atoms with Crippen LogP contribution >= 0.6 is 11.3 Å². The number of sulfonamides is 1. The first-order valence-electron chi connectivity index (χ1n) is 7.26. The van der Waals surface area contributed by atoms with Crippen molar-refractivity contribution in [2.45, 2.75) is 63.6 Å². The summed E-state index contributed by atoms with van der Waals surface area (Å²) in [6.45, 7) is 6.74. The van der Waals surface area contributed by atoms with Gasteiger partial charge in [0.05, 0.1) is 4.90 Å². The summed E-state index contributed by atoms with van der Waals surface area (Å²) in [5.74, 6) is 0.293. The topological polar surface area (TPSA) is 58.2 Å². The summed E-state index contributed by atoms with van der Waals surface area (Å²) in [5.41, 5.74) is 0. The number of hydrogen-bond acceptors (Lipinski definition) is 4. The monoisotopic (exact) mass is 316 g/mol. The molecule has 1 aliphatic rings. The Morgan fingerprint density at radius 3 is 2.65 bits per heavy atom. The SMILES string of the molecule is CCC(NS(=O)(=O)c1ccsc1CNC1CC1)C(C)C. The van der Waals surface area contributed by atoms with Crippen molar-refractivity contribution in [3.05, 3.63) is 16.3 Å². The second-order valence-electron chi connectivity index (χ2n) is 5.74. The van der Waals surface area contributed by atoms with Gasteiger partial charge in [0.1, 0.15) is 0 Å². The highest BCUT2D eigenvalue weighted by molar-refractivity contribution is 7.89. The molecule has 0 aromatic carbocycles. The van der Waals surface area contributed by atoms with Crippen molar-refractivity contribution in [3.8, 4) is 0 Å². The fourth-order valence-electron chi connectivity index (χ4n) is 2.18. The molecule has 4 nitrogen and oxygen atoms in total. The third kappa shape index (κ3) is 4.04. The van der Waals surface area contributed by atoms with E-state index in [1.807, 2.05) is 26.2 Å². The summed E-state index contributed by atoms with van der Waals surface area (Å²) < 4.78 is 27.9. The number of thiophene rings is 1. The Kier molecular flexibility index (Phi) is 5.23. The molecule has 114 valence electrons. The Bertz CT molecular complexity index is 533. The highest BCUT2D eigenvalue weighted by atomic mass is 32.2. The zero-order chi connectivity index (χ0) is 14.8. The molecule has 0 bridgehead atoms. The van der Waals surface area contributed by atoms with Crippen LogP contribution in [0.2, 0.25) is 0 Å². The van der Waals surface area contributed by atoms with Gasteiger partial charge in [-0.05, 0) is 36.6 Å². The van der Waals surface area contributed by atoms with E-state index in [4.69, 9.17) is 0 Å². The number of hydrogen-bond donors (Lipinski definition) is 2. The standard InChI is InChI=1S/C14H24N2O2S2/c1-4-12(10(2)3)16-20(17,18)14-7-8-19-13(14)9-15-11-5-6-11/h7-8,10-12,15-16H,4-6,9H2,1-3H3. The fraction of sp³-hybridized carbons (Fsp3) is 0.714. The largest absolute Gasteiger partial charge is 0.309 e. The summed E-state index contributed by atoms with van der Waals surface area (Å²) in [6, 6.07) is 2.29. The van der Waals surface area contributed by atoms with Crippen LogP contribution in [0.5, 0.6) is 0 Å². The van der Waals surface area contributed by atoms with Gasteiger partial charge in [0.2, 0.25) is 10.0 Å². The van der Waals surface area contributed by atoms with E-state index in [1.165, 1.54) is 24.2 Å². The van der Waals surface area contributed by atoms with Crippen LogP contribution in [-0.2, 0) is 16.6 Å². The molecule has 1 atom stereocenters. The highest BCUT2D eigenvalue weighted by Gasteiger charge is 2.26. The molecule has 1 aromatic heterocycles.